The van der Waals surface area contributed by atoms with Crippen molar-refractivity contribution in [2.24, 2.45) is 0 Å². The predicted molar refractivity (Wildman–Crippen MR) is 109 cm³/mol. The molecule has 2 aromatic carbocycles. The SMILES string of the molecule is C[C@@H]1CN(C(C)(C)CNC(=O)c2ccc3c4c(cccc24)CC3)C[C@H](C)O1. The van der Waals surface area contributed by atoms with E-state index in [4.69, 9.17) is 4.74 Å². The Morgan fingerprint density at radius 3 is 2.48 bits per heavy atom. The van der Waals surface area contributed by atoms with Crippen LogP contribution in [0, 0.1) is 0 Å². The Hall–Kier alpha value is -1.91. The number of hydrogen-bond acceptors (Lipinski definition) is 3. The lowest BCUT2D eigenvalue weighted by molar-refractivity contribution is -0.0948. The molecule has 1 aliphatic carbocycles. The Morgan fingerprint density at radius 2 is 1.78 bits per heavy atom. The van der Waals surface area contributed by atoms with Gasteiger partial charge in [-0.3, -0.25) is 9.69 Å². The summed E-state index contributed by atoms with van der Waals surface area (Å²) in [5, 5.41) is 5.58. The van der Waals surface area contributed by atoms with Crippen LogP contribution in [-0.2, 0) is 17.6 Å². The molecule has 1 amide bonds. The number of ether oxygens (including phenoxy) is 1. The van der Waals surface area contributed by atoms with E-state index in [1.165, 1.54) is 16.5 Å². The molecule has 1 fully saturated rings. The molecule has 2 atom stereocenters. The first-order valence-electron chi connectivity index (χ1n) is 10.1. The zero-order valence-corrected chi connectivity index (χ0v) is 16.8. The average Bonchev–Trinajstić information content (AvgIpc) is 3.04. The molecule has 1 heterocycles. The van der Waals surface area contributed by atoms with E-state index in [0.717, 1.165) is 36.9 Å². The Morgan fingerprint density at radius 1 is 1.11 bits per heavy atom. The number of carbonyl (C=O) groups excluding carboxylic acids is 1. The fourth-order valence-electron chi connectivity index (χ4n) is 4.62. The highest BCUT2D eigenvalue weighted by molar-refractivity contribution is 6.09. The van der Waals surface area contributed by atoms with E-state index < -0.39 is 0 Å². The monoisotopic (exact) mass is 366 g/mol. The summed E-state index contributed by atoms with van der Waals surface area (Å²) < 4.78 is 5.85. The van der Waals surface area contributed by atoms with Crippen LogP contribution >= 0.6 is 0 Å². The molecule has 0 radical (unpaired) electrons. The lowest BCUT2D eigenvalue weighted by atomic mass is 9.98. The van der Waals surface area contributed by atoms with Gasteiger partial charge in [0.25, 0.3) is 5.91 Å². The van der Waals surface area contributed by atoms with E-state index in [0.29, 0.717) is 6.54 Å². The first-order chi connectivity index (χ1) is 12.8. The number of carbonyl (C=O) groups is 1. The first-order valence-corrected chi connectivity index (χ1v) is 10.1. The van der Waals surface area contributed by atoms with Crippen LogP contribution < -0.4 is 5.32 Å². The van der Waals surface area contributed by atoms with Crippen LogP contribution in [0.5, 0.6) is 0 Å². The van der Waals surface area contributed by atoms with Gasteiger partial charge in [-0.2, -0.15) is 0 Å². The Balaban J connectivity index is 1.51. The van der Waals surface area contributed by atoms with Crippen LogP contribution in [0.25, 0.3) is 10.8 Å². The van der Waals surface area contributed by atoms with Gasteiger partial charge in [-0.15, -0.1) is 0 Å². The molecule has 144 valence electrons. The van der Waals surface area contributed by atoms with E-state index >= 15 is 0 Å². The second-order valence-corrected chi connectivity index (χ2v) is 8.77. The zero-order chi connectivity index (χ0) is 19.2. The van der Waals surface area contributed by atoms with Crippen molar-refractivity contribution >= 4 is 16.7 Å². The third-order valence-corrected chi connectivity index (χ3v) is 6.08. The molecule has 0 aromatic heterocycles. The topological polar surface area (TPSA) is 41.6 Å². The lowest BCUT2D eigenvalue weighted by Gasteiger charge is -2.45. The van der Waals surface area contributed by atoms with Gasteiger partial charge >= 0.3 is 0 Å². The lowest BCUT2D eigenvalue weighted by Crippen LogP contribution is -2.58. The smallest absolute Gasteiger partial charge is 0.251 e. The molecular weight excluding hydrogens is 336 g/mol. The normalized spacial score (nSPS) is 23.0. The number of nitrogens with one attached hydrogen (secondary N) is 1. The quantitative estimate of drug-likeness (QED) is 0.900. The molecule has 4 rings (SSSR count). The molecule has 27 heavy (non-hydrogen) atoms. The van der Waals surface area contributed by atoms with Crippen molar-refractivity contribution in [2.75, 3.05) is 19.6 Å². The molecule has 2 aliphatic rings. The Kier molecular flexibility index (Phi) is 4.73. The number of morpholine rings is 1. The van der Waals surface area contributed by atoms with Crippen LogP contribution in [-0.4, -0.2) is 48.2 Å². The number of aryl methyl sites for hydroxylation is 2. The maximum Gasteiger partial charge on any atom is 0.251 e. The van der Waals surface area contributed by atoms with Gasteiger partial charge in [-0.25, -0.2) is 0 Å². The van der Waals surface area contributed by atoms with Gasteiger partial charge in [-0.05, 0) is 68.5 Å². The highest BCUT2D eigenvalue weighted by atomic mass is 16.5. The summed E-state index contributed by atoms with van der Waals surface area (Å²) >= 11 is 0. The molecule has 0 unspecified atom stereocenters. The van der Waals surface area contributed by atoms with E-state index in [2.05, 4.69) is 62.2 Å². The van der Waals surface area contributed by atoms with Crippen LogP contribution in [0.2, 0.25) is 0 Å². The van der Waals surface area contributed by atoms with E-state index in [1.807, 2.05) is 6.07 Å². The molecule has 0 spiro atoms. The molecule has 1 aliphatic heterocycles. The summed E-state index contributed by atoms with van der Waals surface area (Å²) in [4.78, 5) is 15.4. The van der Waals surface area contributed by atoms with E-state index in [9.17, 15) is 4.79 Å². The number of rotatable bonds is 4. The van der Waals surface area contributed by atoms with Crippen molar-refractivity contribution in [2.45, 2.75) is 58.3 Å². The molecular formula is C23H30N2O2. The molecule has 2 aromatic rings. The fourth-order valence-corrected chi connectivity index (χ4v) is 4.62. The fraction of sp³-hybridized carbons (Fsp3) is 0.522. The maximum atomic E-state index is 13.0. The number of nitrogens with zero attached hydrogens (tertiary/aromatic N) is 1. The van der Waals surface area contributed by atoms with Gasteiger partial charge in [0.15, 0.2) is 0 Å². The van der Waals surface area contributed by atoms with Crippen molar-refractivity contribution in [3.63, 3.8) is 0 Å². The molecule has 4 heteroatoms. The minimum Gasteiger partial charge on any atom is -0.373 e. The van der Waals surface area contributed by atoms with Crippen molar-refractivity contribution in [1.82, 2.24) is 10.2 Å². The number of benzene rings is 2. The van der Waals surface area contributed by atoms with Crippen molar-refractivity contribution < 1.29 is 9.53 Å². The maximum absolute atomic E-state index is 13.0. The summed E-state index contributed by atoms with van der Waals surface area (Å²) in [7, 11) is 0. The third kappa shape index (κ3) is 3.48. The molecule has 1 N–H and O–H groups in total. The van der Waals surface area contributed by atoms with Gasteiger partial charge in [0.2, 0.25) is 0 Å². The minimum atomic E-state index is -0.114. The molecule has 4 nitrogen and oxygen atoms in total. The first kappa shape index (κ1) is 18.5. The summed E-state index contributed by atoms with van der Waals surface area (Å²) in [6, 6.07) is 10.5. The zero-order valence-electron chi connectivity index (χ0n) is 16.8. The van der Waals surface area contributed by atoms with Crippen LogP contribution in [0.4, 0.5) is 0 Å². The van der Waals surface area contributed by atoms with Crippen LogP contribution in [0.15, 0.2) is 30.3 Å². The largest absolute Gasteiger partial charge is 0.373 e. The summed E-state index contributed by atoms with van der Waals surface area (Å²) in [5.74, 6) is 0.0213. The van der Waals surface area contributed by atoms with E-state index in [-0.39, 0.29) is 23.7 Å². The molecule has 1 saturated heterocycles. The Bertz CT molecular complexity index is 854. The van der Waals surface area contributed by atoms with Gasteiger partial charge in [0.05, 0.1) is 12.2 Å². The number of amides is 1. The van der Waals surface area contributed by atoms with Gasteiger partial charge in [-0.1, -0.05) is 24.3 Å². The van der Waals surface area contributed by atoms with Crippen molar-refractivity contribution in [3.05, 3.63) is 47.0 Å². The van der Waals surface area contributed by atoms with Crippen LogP contribution in [0.3, 0.4) is 0 Å². The number of hydrogen-bond donors (Lipinski definition) is 1. The predicted octanol–water partition coefficient (Wildman–Crippen LogP) is 3.56. The third-order valence-electron chi connectivity index (χ3n) is 6.08. The highest BCUT2D eigenvalue weighted by Crippen LogP contribution is 2.32. The molecule has 0 saturated carbocycles. The van der Waals surface area contributed by atoms with Gasteiger partial charge in [0, 0.05) is 30.7 Å². The summed E-state index contributed by atoms with van der Waals surface area (Å²) in [5.41, 5.74) is 3.41. The second-order valence-electron chi connectivity index (χ2n) is 8.77. The van der Waals surface area contributed by atoms with Crippen LogP contribution in [0.1, 0.15) is 49.2 Å². The van der Waals surface area contributed by atoms with Crippen molar-refractivity contribution in [3.8, 4) is 0 Å². The van der Waals surface area contributed by atoms with Crippen molar-refractivity contribution in [1.29, 1.82) is 0 Å². The van der Waals surface area contributed by atoms with Gasteiger partial charge < -0.3 is 10.1 Å². The average molecular weight is 367 g/mol. The summed E-state index contributed by atoms with van der Waals surface area (Å²) in [6.07, 6.45) is 2.61. The standard InChI is InChI=1S/C23H30N2O2/c1-15-12-25(13-16(2)27-15)23(3,4)14-24-22(26)20-11-10-18-9-8-17-6-5-7-19(20)21(17)18/h5-7,10-11,15-16H,8-9,12-14H2,1-4H3,(H,24,26)/t15-,16+. The van der Waals surface area contributed by atoms with Gasteiger partial charge in [0.1, 0.15) is 0 Å². The Labute approximate surface area is 161 Å². The minimum absolute atomic E-state index is 0.0213. The highest BCUT2D eigenvalue weighted by Gasteiger charge is 2.33. The second kappa shape index (κ2) is 6.92. The molecule has 0 bridgehead atoms. The summed E-state index contributed by atoms with van der Waals surface area (Å²) in [6.45, 7) is 11.0. The van der Waals surface area contributed by atoms with E-state index in [1.54, 1.807) is 0 Å².